The Balaban J connectivity index is 1.42. The number of morpholine rings is 1. The molecule has 5 nitrogen and oxygen atoms in total. The zero-order chi connectivity index (χ0) is 17.5. The highest BCUT2D eigenvalue weighted by Crippen LogP contribution is 2.29. The number of hydrogen-bond donors (Lipinski definition) is 0. The van der Waals surface area contributed by atoms with E-state index in [1.54, 1.807) is 0 Å². The summed E-state index contributed by atoms with van der Waals surface area (Å²) in [6, 6.07) is 0. The van der Waals surface area contributed by atoms with E-state index in [-0.39, 0.29) is 17.9 Å². The Morgan fingerprint density at radius 2 is 1.84 bits per heavy atom. The molecule has 142 valence electrons. The van der Waals surface area contributed by atoms with E-state index in [0.717, 1.165) is 44.7 Å². The van der Waals surface area contributed by atoms with E-state index in [0.29, 0.717) is 32.5 Å². The summed E-state index contributed by atoms with van der Waals surface area (Å²) in [6.07, 6.45) is 12.3. The van der Waals surface area contributed by atoms with Gasteiger partial charge in [0.15, 0.2) is 0 Å². The maximum absolute atomic E-state index is 12.6. The molecule has 3 aliphatic rings. The molecular weight excluding hydrogens is 316 g/mol. The fourth-order valence-electron chi connectivity index (χ4n) is 4.55. The van der Waals surface area contributed by atoms with Gasteiger partial charge >= 0.3 is 0 Å². The highest BCUT2D eigenvalue weighted by Gasteiger charge is 2.27. The number of carbonyl (C=O) groups excluding carboxylic acids is 2. The molecular formula is C20H34N2O3. The Hall–Kier alpha value is -1.10. The van der Waals surface area contributed by atoms with Crippen molar-refractivity contribution in [1.82, 2.24) is 9.80 Å². The van der Waals surface area contributed by atoms with Crippen molar-refractivity contribution in [1.29, 1.82) is 0 Å². The van der Waals surface area contributed by atoms with Crippen molar-refractivity contribution >= 4 is 11.8 Å². The van der Waals surface area contributed by atoms with Gasteiger partial charge in [-0.2, -0.15) is 0 Å². The average molecular weight is 351 g/mol. The Labute approximate surface area is 152 Å². The molecule has 0 aromatic carbocycles. The van der Waals surface area contributed by atoms with Gasteiger partial charge < -0.3 is 14.5 Å². The Morgan fingerprint density at radius 1 is 1.04 bits per heavy atom. The van der Waals surface area contributed by atoms with Gasteiger partial charge in [0.1, 0.15) is 0 Å². The van der Waals surface area contributed by atoms with E-state index in [4.69, 9.17) is 4.74 Å². The summed E-state index contributed by atoms with van der Waals surface area (Å²) in [5.41, 5.74) is 0. The first-order valence-electron chi connectivity index (χ1n) is 10.4. The number of nitrogens with zero attached hydrogens (tertiary/aromatic N) is 2. The van der Waals surface area contributed by atoms with Crippen molar-refractivity contribution in [3.05, 3.63) is 0 Å². The van der Waals surface area contributed by atoms with Gasteiger partial charge in [0, 0.05) is 39.0 Å². The molecule has 5 heteroatoms. The minimum atomic E-state index is 0.189. The normalized spacial score (nSPS) is 26.6. The van der Waals surface area contributed by atoms with E-state index in [9.17, 15) is 9.59 Å². The van der Waals surface area contributed by atoms with Crippen molar-refractivity contribution < 1.29 is 14.3 Å². The second kappa shape index (κ2) is 9.56. The van der Waals surface area contributed by atoms with Crippen molar-refractivity contribution in [3.8, 4) is 0 Å². The molecule has 1 saturated carbocycles. The van der Waals surface area contributed by atoms with Crippen LogP contribution in [-0.2, 0) is 14.3 Å². The van der Waals surface area contributed by atoms with Gasteiger partial charge in [-0.3, -0.25) is 9.59 Å². The first kappa shape index (κ1) is 18.7. The highest BCUT2D eigenvalue weighted by molar-refractivity contribution is 5.79. The quantitative estimate of drug-likeness (QED) is 0.766. The molecule has 0 aromatic heterocycles. The third-order valence-electron chi connectivity index (χ3n) is 6.08. The molecule has 0 radical (unpaired) electrons. The van der Waals surface area contributed by atoms with Crippen LogP contribution in [0.4, 0.5) is 0 Å². The summed E-state index contributed by atoms with van der Waals surface area (Å²) in [7, 11) is 0. The van der Waals surface area contributed by atoms with Crippen molar-refractivity contribution in [2.45, 2.75) is 76.7 Å². The monoisotopic (exact) mass is 350 g/mol. The lowest BCUT2D eigenvalue weighted by molar-refractivity contribution is -0.140. The molecule has 2 heterocycles. The first-order chi connectivity index (χ1) is 12.2. The van der Waals surface area contributed by atoms with Crippen LogP contribution in [0, 0.1) is 5.92 Å². The van der Waals surface area contributed by atoms with Gasteiger partial charge in [0.25, 0.3) is 0 Å². The molecule has 0 bridgehead atoms. The first-order valence-corrected chi connectivity index (χ1v) is 10.4. The standard InChI is InChI=1S/C20H34N2O3/c23-19-9-5-2-6-11-21(19)12-10-20(24)22-13-14-25-18(16-22)15-17-7-3-1-4-8-17/h17-18H,1-16H2/t18-/m0/s1. The zero-order valence-electron chi connectivity index (χ0n) is 15.6. The summed E-state index contributed by atoms with van der Waals surface area (Å²) in [5.74, 6) is 1.19. The molecule has 0 N–H and O–H groups in total. The molecule has 0 unspecified atom stereocenters. The van der Waals surface area contributed by atoms with Crippen LogP contribution >= 0.6 is 0 Å². The molecule has 2 saturated heterocycles. The number of rotatable bonds is 5. The Kier molecular flexibility index (Phi) is 7.14. The molecule has 0 spiro atoms. The molecule has 3 rings (SSSR count). The second-order valence-electron chi connectivity index (χ2n) is 8.01. The number of hydrogen-bond acceptors (Lipinski definition) is 3. The highest BCUT2D eigenvalue weighted by atomic mass is 16.5. The average Bonchev–Trinajstić information content (AvgIpc) is 2.85. The van der Waals surface area contributed by atoms with E-state index < -0.39 is 0 Å². The summed E-state index contributed by atoms with van der Waals surface area (Å²) < 4.78 is 5.93. The van der Waals surface area contributed by atoms with E-state index in [1.807, 2.05) is 9.80 Å². The zero-order valence-corrected chi connectivity index (χ0v) is 15.6. The fourth-order valence-corrected chi connectivity index (χ4v) is 4.55. The van der Waals surface area contributed by atoms with Gasteiger partial charge in [-0.1, -0.05) is 38.5 Å². The molecule has 2 aliphatic heterocycles. The third kappa shape index (κ3) is 5.70. The molecule has 1 aliphatic carbocycles. The molecule has 3 fully saturated rings. The van der Waals surface area contributed by atoms with Crippen molar-refractivity contribution in [2.75, 3.05) is 32.8 Å². The fraction of sp³-hybridized carbons (Fsp3) is 0.900. The SMILES string of the molecule is O=C1CCCCCN1CCC(=O)N1CCO[C@@H](CC2CCCCC2)C1. The topological polar surface area (TPSA) is 49.9 Å². The predicted octanol–water partition coefficient (Wildman–Crippen LogP) is 2.98. The Bertz CT molecular complexity index is 448. The van der Waals surface area contributed by atoms with Gasteiger partial charge in [-0.05, 0) is 25.2 Å². The van der Waals surface area contributed by atoms with E-state index in [2.05, 4.69) is 0 Å². The van der Waals surface area contributed by atoms with Crippen LogP contribution in [0.5, 0.6) is 0 Å². The molecule has 2 amide bonds. The minimum absolute atomic E-state index is 0.189. The minimum Gasteiger partial charge on any atom is -0.375 e. The van der Waals surface area contributed by atoms with Gasteiger partial charge in [0.05, 0.1) is 12.7 Å². The maximum Gasteiger partial charge on any atom is 0.224 e. The van der Waals surface area contributed by atoms with Crippen LogP contribution < -0.4 is 0 Å². The largest absolute Gasteiger partial charge is 0.375 e. The second-order valence-corrected chi connectivity index (χ2v) is 8.01. The van der Waals surface area contributed by atoms with Gasteiger partial charge in [-0.15, -0.1) is 0 Å². The van der Waals surface area contributed by atoms with E-state index in [1.165, 1.54) is 32.1 Å². The lowest BCUT2D eigenvalue weighted by Gasteiger charge is -2.35. The summed E-state index contributed by atoms with van der Waals surface area (Å²) in [6.45, 7) is 3.50. The van der Waals surface area contributed by atoms with Crippen LogP contribution in [0.2, 0.25) is 0 Å². The number of likely N-dealkylation sites (tertiary alicyclic amines) is 1. The summed E-state index contributed by atoms with van der Waals surface area (Å²) in [5, 5.41) is 0. The number of amides is 2. The number of carbonyl (C=O) groups is 2. The summed E-state index contributed by atoms with van der Waals surface area (Å²) >= 11 is 0. The van der Waals surface area contributed by atoms with Crippen LogP contribution in [0.25, 0.3) is 0 Å². The predicted molar refractivity (Wildman–Crippen MR) is 97.2 cm³/mol. The Morgan fingerprint density at radius 3 is 2.68 bits per heavy atom. The van der Waals surface area contributed by atoms with Crippen molar-refractivity contribution in [2.24, 2.45) is 5.92 Å². The number of ether oxygens (including phenoxy) is 1. The smallest absolute Gasteiger partial charge is 0.224 e. The lowest BCUT2D eigenvalue weighted by atomic mass is 9.85. The van der Waals surface area contributed by atoms with Crippen LogP contribution in [-0.4, -0.2) is 60.5 Å². The summed E-state index contributed by atoms with van der Waals surface area (Å²) in [4.78, 5) is 28.5. The molecule has 1 atom stereocenters. The maximum atomic E-state index is 12.6. The van der Waals surface area contributed by atoms with E-state index >= 15 is 0 Å². The molecule has 0 aromatic rings. The van der Waals surface area contributed by atoms with Crippen LogP contribution in [0.3, 0.4) is 0 Å². The van der Waals surface area contributed by atoms with Crippen LogP contribution in [0.15, 0.2) is 0 Å². The molecule has 25 heavy (non-hydrogen) atoms. The van der Waals surface area contributed by atoms with Gasteiger partial charge in [-0.25, -0.2) is 0 Å². The van der Waals surface area contributed by atoms with Crippen LogP contribution in [0.1, 0.15) is 70.6 Å². The third-order valence-corrected chi connectivity index (χ3v) is 6.08. The van der Waals surface area contributed by atoms with Crippen molar-refractivity contribution in [3.63, 3.8) is 0 Å². The van der Waals surface area contributed by atoms with Gasteiger partial charge in [0.2, 0.25) is 11.8 Å². The lowest BCUT2D eigenvalue weighted by Crippen LogP contribution is -2.47.